The normalized spacial score (nSPS) is 12.1. The van der Waals surface area contributed by atoms with Gasteiger partial charge in [0.25, 0.3) is 0 Å². The molecule has 23 heavy (non-hydrogen) atoms. The zero-order valence-electron chi connectivity index (χ0n) is 15.1. The molecule has 1 aromatic rings. The van der Waals surface area contributed by atoms with Gasteiger partial charge in [-0.05, 0) is 45.7 Å². The fourth-order valence-corrected chi connectivity index (χ4v) is 1.86. The first-order chi connectivity index (χ1) is 11.0. The van der Waals surface area contributed by atoms with Gasteiger partial charge in [-0.25, -0.2) is 0 Å². The Labute approximate surface area is 140 Å². The molecule has 1 aromatic carbocycles. The van der Waals surface area contributed by atoms with E-state index >= 15 is 0 Å². The van der Waals surface area contributed by atoms with E-state index < -0.39 is 0 Å². The van der Waals surface area contributed by atoms with Crippen LogP contribution >= 0.6 is 0 Å². The molecular weight excluding hydrogens is 290 g/mol. The summed E-state index contributed by atoms with van der Waals surface area (Å²) in [6.45, 7) is 11.1. The molecule has 0 amide bonds. The summed E-state index contributed by atoms with van der Waals surface area (Å²) in [6.07, 6.45) is 0.909. The number of para-hydroxylation sites is 1. The van der Waals surface area contributed by atoms with Gasteiger partial charge >= 0.3 is 0 Å². The number of benzene rings is 1. The standard InChI is InChI=1S/C18H31N3O2/c1-6-19-17(21-14-18(3,4)22-5)20-12-9-13-23-16-11-8-7-10-15(16)2/h7-8,10-11H,6,9,12-14H2,1-5H3,(H2,19,20,21). The Kier molecular flexibility index (Phi) is 8.48. The molecule has 5 nitrogen and oxygen atoms in total. The summed E-state index contributed by atoms with van der Waals surface area (Å²) in [7, 11) is 1.71. The quantitative estimate of drug-likeness (QED) is 0.417. The molecule has 130 valence electrons. The van der Waals surface area contributed by atoms with Gasteiger partial charge in [-0.3, -0.25) is 4.99 Å². The first-order valence-electron chi connectivity index (χ1n) is 8.24. The van der Waals surface area contributed by atoms with Gasteiger partial charge in [0.15, 0.2) is 5.96 Å². The highest BCUT2D eigenvalue weighted by atomic mass is 16.5. The summed E-state index contributed by atoms with van der Waals surface area (Å²) in [6, 6.07) is 8.07. The van der Waals surface area contributed by atoms with Crippen molar-refractivity contribution in [3.8, 4) is 5.75 Å². The molecule has 0 aliphatic rings. The van der Waals surface area contributed by atoms with Crippen molar-refractivity contribution in [1.82, 2.24) is 10.6 Å². The average molecular weight is 321 g/mol. The number of hydrogen-bond acceptors (Lipinski definition) is 3. The monoisotopic (exact) mass is 321 g/mol. The molecule has 0 unspecified atom stereocenters. The zero-order chi connectivity index (χ0) is 17.1. The number of hydrogen-bond donors (Lipinski definition) is 2. The van der Waals surface area contributed by atoms with Crippen LogP contribution in [0.3, 0.4) is 0 Å². The molecule has 0 bridgehead atoms. The Morgan fingerprint density at radius 2 is 1.96 bits per heavy atom. The Morgan fingerprint density at radius 1 is 1.22 bits per heavy atom. The maximum absolute atomic E-state index is 5.79. The van der Waals surface area contributed by atoms with Crippen LogP contribution < -0.4 is 15.4 Å². The van der Waals surface area contributed by atoms with Gasteiger partial charge in [0.05, 0.1) is 18.8 Å². The van der Waals surface area contributed by atoms with E-state index in [1.54, 1.807) is 7.11 Å². The third-order valence-electron chi connectivity index (χ3n) is 3.48. The van der Waals surface area contributed by atoms with Crippen molar-refractivity contribution in [2.24, 2.45) is 4.99 Å². The molecule has 0 aromatic heterocycles. The number of guanidine groups is 1. The molecule has 0 heterocycles. The predicted octanol–water partition coefficient (Wildman–Crippen LogP) is 2.74. The van der Waals surface area contributed by atoms with Crippen LogP contribution in [0.5, 0.6) is 5.75 Å². The molecule has 0 fully saturated rings. The van der Waals surface area contributed by atoms with Crippen LogP contribution in [-0.4, -0.2) is 44.9 Å². The molecule has 2 N–H and O–H groups in total. The highest BCUT2D eigenvalue weighted by Crippen LogP contribution is 2.15. The molecule has 0 radical (unpaired) electrons. The van der Waals surface area contributed by atoms with Crippen molar-refractivity contribution in [2.75, 3.05) is 33.4 Å². The maximum Gasteiger partial charge on any atom is 0.191 e. The molecule has 0 saturated carbocycles. The number of rotatable bonds is 9. The number of nitrogens with one attached hydrogen (secondary N) is 2. The Balaban J connectivity index is 2.33. The molecule has 0 aliphatic carbocycles. The second-order valence-corrected chi connectivity index (χ2v) is 6.05. The van der Waals surface area contributed by atoms with E-state index in [2.05, 4.69) is 35.5 Å². The lowest BCUT2D eigenvalue weighted by atomic mass is 10.1. The first-order valence-corrected chi connectivity index (χ1v) is 8.24. The van der Waals surface area contributed by atoms with Crippen molar-refractivity contribution in [3.05, 3.63) is 29.8 Å². The molecule has 0 spiro atoms. The lowest BCUT2D eigenvalue weighted by Gasteiger charge is -2.21. The van der Waals surface area contributed by atoms with Gasteiger partial charge < -0.3 is 20.1 Å². The second kappa shape index (κ2) is 10.1. The van der Waals surface area contributed by atoms with Gasteiger partial charge in [0, 0.05) is 20.2 Å². The molecule has 1 rings (SSSR count). The SMILES string of the molecule is CCNC(=NCC(C)(C)OC)NCCCOc1ccccc1C. The van der Waals surface area contributed by atoms with Crippen LogP contribution in [-0.2, 0) is 4.74 Å². The Bertz CT molecular complexity index is 487. The summed E-state index contributed by atoms with van der Waals surface area (Å²) in [5.74, 6) is 1.77. The Hall–Kier alpha value is -1.75. The second-order valence-electron chi connectivity index (χ2n) is 6.05. The minimum absolute atomic E-state index is 0.254. The summed E-state index contributed by atoms with van der Waals surface area (Å²) in [4.78, 5) is 4.55. The van der Waals surface area contributed by atoms with Crippen LogP contribution in [0.2, 0.25) is 0 Å². The lowest BCUT2D eigenvalue weighted by molar-refractivity contribution is 0.0310. The van der Waals surface area contributed by atoms with Crippen LogP contribution in [0.15, 0.2) is 29.3 Å². The van der Waals surface area contributed by atoms with Crippen LogP contribution in [0.1, 0.15) is 32.8 Å². The summed E-state index contributed by atoms with van der Waals surface area (Å²) >= 11 is 0. The van der Waals surface area contributed by atoms with Crippen molar-refractivity contribution < 1.29 is 9.47 Å². The van der Waals surface area contributed by atoms with E-state index in [0.717, 1.165) is 36.8 Å². The first kappa shape index (κ1) is 19.3. The highest BCUT2D eigenvalue weighted by Gasteiger charge is 2.15. The number of methoxy groups -OCH3 is 1. The van der Waals surface area contributed by atoms with E-state index in [9.17, 15) is 0 Å². The van der Waals surface area contributed by atoms with Crippen molar-refractivity contribution in [3.63, 3.8) is 0 Å². The van der Waals surface area contributed by atoms with E-state index in [0.29, 0.717) is 13.2 Å². The van der Waals surface area contributed by atoms with Gasteiger partial charge in [-0.2, -0.15) is 0 Å². The minimum atomic E-state index is -0.254. The zero-order valence-corrected chi connectivity index (χ0v) is 15.1. The molecule has 0 aliphatic heterocycles. The smallest absolute Gasteiger partial charge is 0.191 e. The van der Waals surface area contributed by atoms with Crippen molar-refractivity contribution >= 4 is 5.96 Å². The highest BCUT2D eigenvalue weighted by molar-refractivity contribution is 5.79. The third kappa shape index (κ3) is 7.88. The largest absolute Gasteiger partial charge is 0.493 e. The van der Waals surface area contributed by atoms with Gasteiger partial charge in [-0.15, -0.1) is 0 Å². The number of aliphatic imine (C=N–C) groups is 1. The van der Waals surface area contributed by atoms with E-state index in [-0.39, 0.29) is 5.60 Å². The maximum atomic E-state index is 5.79. The average Bonchev–Trinajstić information content (AvgIpc) is 2.54. The summed E-state index contributed by atoms with van der Waals surface area (Å²) in [5, 5.41) is 6.56. The Morgan fingerprint density at radius 3 is 2.61 bits per heavy atom. The van der Waals surface area contributed by atoms with E-state index in [1.807, 2.05) is 32.0 Å². The lowest BCUT2D eigenvalue weighted by Crippen LogP contribution is -2.39. The molecule has 0 atom stereocenters. The molecule has 5 heteroatoms. The van der Waals surface area contributed by atoms with Gasteiger partial charge in [0.1, 0.15) is 5.75 Å². The number of aryl methyl sites for hydroxylation is 1. The minimum Gasteiger partial charge on any atom is -0.493 e. The predicted molar refractivity (Wildman–Crippen MR) is 96.4 cm³/mol. The summed E-state index contributed by atoms with van der Waals surface area (Å²) in [5.41, 5.74) is 0.910. The fraction of sp³-hybridized carbons (Fsp3) is 0.611. The number of nitrogens with zero attached hydrogens (tertiary/aromatic N) is 1. The van der Waals surface area contributed by atoms with E-state index in [4.69, 9.17) is 9.47 Å². The van der Waals surface area contributed by atoms with Crippen molar-refractivity contribution in [1.29, 1.82) is 0 Å². The topological polar surface area (TPSA) is 54.9 Å². The fourth-order valence-electron chi connectivity index (χ4n) is 1.86. The van der Waals surface area contributed by atoms with Gasteiger partial charge in [-0.1, -0.05) is 18.2 Å². The van der Waals surface area contributed by atoms with Crippen LogP contribution in [0.25, 0.3) is 0 Å². The summed E-state index contributed by atoms with van der Waals surface area (Å²) < 4.78 is 11.2. The van der Waals surface area contributed by atoms with Crippen LogP contribution in [0.4, 0.5) is 0 Å². The van der Waals surface area contributed by atoms with Crippen LogP contribution in [0, 0.1) is 6.92 Å². The van der Waals surface area contributed by atoms with Gasteiger partial charge in [0.2, 0.25) is 0 Å². The van der Waals surface area contributed by atoms with Crippen molar-refractivity contribution in [2.45, 2.75) is 39.7 Å². The third-order valence-corrected chi connectivity index (χ3v) is 3.48. The molecule has 0 saturated heterocycles. The molecular formula is C18H31N3O2. The number of ether oxygens (including phenoxy) is 2. The van der Waals surface area contributed by atoms with E-state index in [1.165, 1.54) is 0 Å².